The Hall–Kier alpha value is -2.59. The quantitative estimate of drug-likeness (QED) is 0.781. The van der Waals surface area contributed by atoms with Gasteiger partial charge in [-0.05, 0) is 56.8 Å². The molecule has 25 heavy (non-hydrogen) atoms. The molecule has 1 heterocycles. The Morgan fingerprint density at radius 3 is 2.72 bits per heavy atom. The molecule has 0 bridgehead atoms. The van der Waals surface area contributed by atoms with Gasteiger partial charge in [0.25, 0.3) is 0 Å². The van der Waals surface area contributed by atoms with Gasteiger partial charge in [0.1, 0.15) is 0 Å². The summed E-state index contributed by atoms with van der Waals surface area (Å²) >= 11 is 0. The SMILES string of the molecule is C=C1C=C(c2ccc(C)c(/C=C\C=C/C)c2)NC(=NCCN(C)C)N1. The molecule has 0 amide bonds. The van der Waals surface area contributed by atoms with E-state index in [1.54, 1.807) is 0 Å². The minimum absolute atomic E-state index is 0.730. The maximum Gasteiger partial charge on any atom is 0.200 e. The number of aliphatic imine (C=N–C) groups is 1. The standard InChI is InChI=1S/C21H28N4/c1-6-7-8-9-18-15-19(11-10-16(18)2)20-14-17(3)23-21(24-20)22-12-13-25(4)5/h6-11,14-15H,3,12-13H2,1-2,4-5H3,(H2,22,23,24)/b7-6-,9-8-. The third-order valence-corrected chi connectivity index (χ3v) is 3.84. The van der Waals surface area contributed by atoms with Crippen LogP contribution in [0, 0.1) is 6.92 Å². The normalized spacial score (nSPS) is 16.6. The number of aryl methyl sites for hydroxylation is 1. The topological polar surface area (TPSA) is 39.7 Å². The third kappa shape index (κ3) is 5.76. The van der Waals surface area contributed by atoms with Gasteiger partial charge in [0.15, 0.2) is 5.96 Å². The first-order valence-electron chi connectivity index (χ1n) is 8.54. The van der Waals surface area contributed by atoms with Crippen LogP contribution in [0.2, 0.25) is 0 Å². The van der Waals surface area contributed by atoms with E-state index in [1.807, 2.05) is 39.2 Å². The van der Waals surface area contributed by atoms with Gasteiger partial charge in [-0.25, -0.2) is 0 Å². The fraction of sp³-hybridized carbons (Fsp3) is 0.286. The van der Waals surface area contributed by atoms with E-state index in [0.717, 1.165) is 36.0 Å². The maximum atomic E-state index is 4.58. The number of rotatable bonds is 6. The summed E-state index contributed by atoms with van der Waals surface area (Å²) in [6.07, 6.45) is 10.2. The smallest absolute Gasteiger partial charge is 0.200 e. The average molecular weight is 336 g/mol. The summed E-state index contributed by atoms with van der Waals surface area (Å²) in [7, 11) is 4.09. The molecule has 0 aromatic heterocycles. The second-order valence-electron chi connectivity index (χ2n) is 6.32. The average Bonchev–Trinajstić information content (AvgIpc) is 2.56. The molecule has 2 rings (SSSR count). The van der Waals surface area contributed by atoms with Crippen LogP contribution in [-0.2, 0) is 0 Å². The number of benzene rings is 1. The molecule has 4 nitrogen and oxygen atoms in total. The molecule has 1 aliphatic heterocycles. The molecule has 132 valence electrons. The Morgan fingerprint density at radius 2 is 2.00 bits per heavy atom. The number of hydrogen-bond acceptors (Lipinski definition) is 2. The summed E-state index contributed by atoms with van der Waals surface area (Å²) in [5, 5.41) is 6.55. The lowest BCUT2D eigenvalue weighted by molar-refractivity contribution is 0.420. The van der Waals surface area contributed by atoms with Gasteiger partial charge < -0.3 is 15.5 Å². The van der Waals surface area contributed by atoms with Gasteiger partial charge in [-0.1, -0.05) is 43.0 Å². The molecule has 0 fully saturated rings. The maximum absolute atomic E-state index is 4.58. The van der Waals surface area contributed by atoms with E-state index in [0.29, 0.717) is 0 Å². The molecular weight excluding hydrogens is 308 g/mol. The summed E-state index contributed by atoms with van der Waals surface area (Å²) < 4.78 is 0. The van der Waals surface area contributed by atoms with Crippen molar-refractivity contribution in [2.24, 2.45) is 4.99 Å². The summed E-state index contributed by atoms with van der Waals surface area (Å²) in [5.74, 6) is 0.746. The number of likely N-dealkylation sites (N-methyl/N-ethyl adjacent to an activating group) is 1. The Balaban J connectivity index is 2.22. The van der Waals surface area contributed by atoms with Gasteiger partial charge in [0.05, 0.1) is 12.2 Å². The van der Waals surface area contributed by atoms with Gasteiger partial charge in [0, 0.05) is 12.2 Å². The van der Waals surface area contributed by atoms with Gasteiger partial charge in [0.2, 0.25) is 0 Å². The van der Waals surface area contributed by atoms with Crippen LogP contribution < -0.4 is 10.6 Å². The molecule has 0 spiro atoms. The van der Waals surface area contributed by atoms with Crippen LogP contribution in [0.25, 0.3) is 11.8 Å². The fourth-order valence-electron chi connectivity index (χ4n) is 2.41. The lowest BCUT2D eigenvalue weighted by atomic mass is 10.0. The van der Waals surface area contributed by atoms with Crippen molar-refractivity contribution in [3.8, 4) is 0 Å². The molecule has 0 aliphatic carbocycles. The largest absolute Gasteiger partial charge is 0.327 e. The Bertz CT molecular complexity index is 736. The second kappa shape index (κ2) is 9.04. The van der Waals surface area contributed by atoms with E-state index < -0.39 is 0 Å². The summed E-state index contributed by atoms with van der Waals surface area (Å²) in [6, 6.07) is 6.45. The van der Waals surface area contributed by atoms with Crippen LogP contribution in [0.1, 0.15) is 23.6 Å². The molecule has 1 aromatic rings. The summed E-state index contributed by atoms with van der Waals surface area (Å²) in [6.45, 7) is 9.81. The van der Waals surface area contributed by atoms with Gasteiger partial charge >= 0.3 is 0 Å². The summed E-state index contributed by atoms with van der Waals surface area (Å²) in [5.41, 5.74) is 5.41. The van der Waals surface area contributed by atoms with Crippen LogP contribution in [0.15, 0.2) is 59.8 Å². The zero-order valence-electron chi connectivity index (χ0n) is 15.6. The minimum atomic E-state index is 0.730. The molecule has 2 N–H and O–H groups in total. The van der Waals surface area contributed by atoms with Gasteiger partial charge in [-0.15, -0.1) is 0 Å². The van der Waals surface area contributed by atoms with Crippen molar-refractivity contribution in [1.82, 2.24) is 15.5 Å². The van der Waals surface area contributed by atoms with Crippen LogP contribution >= 0.6 is 0 Å². The van der Waals surface area contributed by atoms with Crippen molar-refractivity contribution in [2.45, 2.75) is 13.8 Å². The number of nitrogens with one attached hydrogen (secondary N) is 2. The molecule has 4 heteroatoms. The van der Waals surface area contributed by atoms with Crippen molar-refractivity contribution in [1.29, 1.82) is 0 Å². The van der Waals surface area contributed by atoms with Gasteiger partial charge in [-0.2, -0.15) is 0 Å². The molecule has 0 saturated carbocycles. The molecule has 1 aliphatic rings. The van der Waals surface area contributed by atoms with Gasteiger partial charge in [-0.3, -0.25) is 4.99 Å². The first-order chi connectivity index (χ1) is 12.0. The highest BCUT2D eigenvalue weighted by atomic mass is 15.2. The first kappa shape index (κ1) is 18.7. The minimum Gasteiger partial charge on any atom is -0.327 e. The molecule has 1 aromatic carbocycles. The zero-order valence-corrected chi connectivity index (χ0v) is 15.6. The third-order valence-electron chi connectivity index (χ3n) is 3.84. The van der Waals surface area contributed by atoms with E-state index in [2.05, 4.69) is 64.4 Å². The first-order valence-corrected chi connectivity index (χ1v) is 8.54. The van der Waals surface area contributed by atoms with Crippen LogP contribution in [0.5, 0.6) is 0 Å². The number of hydrogen-bond donors (Lipinski definition) is 2. The van der Waals surface area contributed by atoms with Crippen molar-refractivity contribution in [3.05, 3.63) is 71.5 Å². The van der Waals surface area contributed by atoms with Crippen LogP contribution in [-0.4, -0.2) is 38.0 Å². The number of guanidine groups is 1. The highest BCUT2D eigenvalue weighted by Gasteiger charge is 2.13. The highest BCUT2D eigenvalue weighted by molar-refractivity contribution is 5.94. The molecule has 0 unspecified atom stereocenters. The van der Waals surface area contributed by atoms with Crippen LogP contribution in [0.4, 0.5) is 0 Å². The number of nitrogens with zero attached hydrogens (tertiary/aromatic N) is 2. The lowest BCUT2D eigenvalue weighted by Crippen LogP contribution is -2.39. The summed E-state index contributed by atoms with van der Waals surface area (Å²) in [4.78, 5) is 6.69. The number of allylic oxidation sites excluding steroid dienone is 4. The molecule has 0 atom stereocenters. The van der Waals surface area contributed by atoms with E-state index in [9.17, 15) is 0 Å². The van der Waals surface area contributed by atoms with E-state index in [4.69, 9.17) is 0 Å². The fourth-order valence-corrected chi connectivity index (χ4v) is 2.41. The Labute approximate surface area is 151 Å². The molecule has 0 saturated heterocycles. The van der Waals surface area contributed by atoms with E-state index in [-0.39, 0.29) is 0 Å². The molecular formula is C21H28N4. The molecule has 0 radical (unpaired) electrons. The Morgan fingerprint density at radius 1 is 1.20 bits per heavy atom. The second-order valence-corrected chi connectivity index (χ2v) is 6.32. The van der Waals surface area contributed by atoms with E-state index >= 15 is 0 Å². The monoisotopic (exact) mass is 336 g/mol. The Kier molecular flexibility index (Phi) is 6.78. The van der Waals surface area contributed by atoms with Crippen molar-refractivity contribution in [3.63, 3.8) is 0 Å². The zero-order chi connectivity index (χ0) is 18.2. The van der Waals surface area contributed by atoms with Crippen molar-refractivity contribution in [2.75, 3.05) is 27.2 Å². The predicted molar refractivity (Wildman–Crippen MR) is 109 cm³/mol. The van der Waals surface area contributed by atoms with Crippen molar-refractivity contribution < 1.29 is 0 Å². The van der Waals surface area contributed by atoms with Crippen molar-refractivity contribution >= 4 is 17.7 Å². The highest BCUT2D eigenvalue weighted by Crippen LogP contribution is 2.20. The predicted octanol–water partition coefficient (Wildman–Crippen LogP) is 3.55. The van der Waals surface area contributed by atoms with Crippen LogP contribution in [0.3, 0.4) is 0 Å². The van der Waals surface area contributed by atoms with E-state index in [1.165, 1.54) is 11.1 Å². The lowest BCUT2D eigenvalue weighted by Gasteiger charge is -2.22.